The topological polar surface area (TPSA) is 47.6 Å². The summed E-state index contributed by atoms with van der Waals surface area (Å²) in [5, 5.41) is 6.16. The van der Waals surface area contributed by atoms with Crippen LogP contribution in [0, 0.1) is 0 Å². The van der Waals surface area contributed by atoms with Gasteiger partial charge in [0.15, 0.2) is 0 Å². The number of carbonyl (C=O) groups is 1. The molecule has 5 nitrogen and oxygen atoms in total. The van der Waals surface area contributed by atoms with Gasteiger partial charge < -0.3 is 20.4 Å². The number of nitrogens with zero attached hydrogens (tertiary/aromatic N) is 2. The van der Waals surface area contributed by atoms with Crippen LogP contribution in [0.5, 0.6) is 0 Å². The highest BCUT2D eigenvalue weighted by atomic mass is 16.2. The number of amides is 2. The highest BCUT2D eigenvalue weighted by Gasteiger charge is 2.18. The Kier molecular flexibility index (Phi) is 3.80. The Hall–Kier alpha value is -0.810. The standard InChI is InChI=1S/C10H20N4O/c15-10-12-4-9-14(10)6-1-5-13-7-2-11-3-8-13/h11H,1-9H2,(H,12,15). The maximum absolute atomic E-state index is 11.2. The first kappa shape index (κ1) is 10.7. The van der Waals surface area contributed by atoms with E-state index >= 15 is 0 Å². The zero-order valence-electron chi connectivity index (χ0n) is 9.17. The third kappa shape index (κ3) is 3.07. The van der Waals surface area contributed by atoms with Crippen molar-refractivity contribution in [3.8, 4) is 0 Å². The average molecular weight is 212 g/mol. The summed E-state index contributed by atoms with van der Waals surface area (Å²) in [7, 11) is 0. The van der Waals surface area contributed by atoms with Crippen LogP contribution >= 0.6 is 0 Å². The van der Waals surface area contributed by atoms with E-state index in [4.69, 9.17) is 0 Å². The van der Waals surface area contributed by atoms with Crippen molar-refractivity contribution in [2.24, 2.45) is 0 Å². The van der Waals surface area contributed by atoms with Gasteiger partial charge in [-0.15, -0.1) is 0 Å². The van der Waals surface area contributed by atoms with E-state index in [1.807, 2.05) is 4.90 Å². The highest BCUT2D eigenvalue weighted by Crippen LogP contribution is 2.00. The number of nitrogens with one attached hydrogen (secondary N) is 2. The summed E-state index contributed by atoms with van der Waals surface area (Å²) in [4.78, 5) is 15.6. The van der Waals surface area contributed by atoms with Crippen LogP contribution in [0.3, 0.4) is 0 Å². The molecule has 2 amide bonds. The number of piperazine rings is 1. The number of urea groups is 1. The van der Waals surface area contributed by atoms with Crippen LogP contribution in [0.1, 0.15) is 6.42 Å². The molecule has 2 saturated heterocycles. The number of rotatable bonds is 4. The van der Waals surface area contributed by atoms with E-state index in [1.54, 1.807) is 0 Å². The molecule has 2 fully saturated rings. The molecular formula is C10H20N4O. The Morgan fingerprint density at radius 2 is 1.87 bits per heavy atom. The zero-order chi connectivity index (χ0) is 10.5. The predicted molar refractivity (Wildman–Crippen MR) is 58.9 cm³/mol. The average Bonchev–Trinajstić information content (AvgIpc) is 2.66. The van der Waals surface area contributed by atoms with Crippen molar-refractivity contribution < 1.29 is 4.79 Å². The van der Waals surface area contributed by atoms with Crippen LogP contribution in [0.25, 0.3) is 0 Å². The van der Waals surface area contributed by atoms with Crippen molar-refractivity contribution in [3.05, 3.63) is 0 Å². The van der Waals surface area contributed by atoms with Gasteiger partial charge in [0.1, 0.15) is 0 Å². The summed E-state index contributed by atoms with van der Waals surface area (Å²) in [6, 6.07) is 0.107. The molecular weight excluding hydrogens is 192 g/mol. The number of carbonyl (C=O) groups excluding carboxylic acids is 1. The molecule has 15 heavy (non-hydrogen) atoms. The summed E-state index contributed by atoms with van der Waals surface area (Å²) in [5.74, 6) is 0. The second kappa shape index (κ2) is 5.32. The summed E-state index contributed by atoms with van der Waals surface area (Å²) in [6.07, 6.45) is 1.09. The SMILES string of the molecule is O=C1NCCN1CCCN1CCNCC1. The van der Waals surface area contributed by atoms with E-state index in [-0.39, 0.29) is 6.03 Å². The molecule has 0 saturated carbocycles. The third-order valence-electron chi connectivity index (χ3n) is 3.06. The van der Waals surface area contributed by atoms with Gasteiger partial charge in [-0.3, -0.25) is 0 Å². The first-order valence-electron chi connectivity index (χ1n) is 5.82. The van der Waals surface area contributed by atoms with E-state index in [0.717, 1.165) is 58.8 Å². The van der Waals surface area contributed by atoms with Gasteiger partial charge in [0.25, 0.3) is 0 Å². The second-order valence-electron chi connectivity index (χ2n) is 4.16. The summed E-state index contributed by atoms with van der Waals surface area (Å²) in [6.45, 7) is 8.20. The van der Waals surface area contributed by atoms with Crippen LogP contribution in [0.4, 0.5) is 4.79 Å². The molecule has 0 unspecified atom stereocenters. The van der Waals surface area contributed by atoms with E-state index in [2.05, 4.69) is 15.5 Å². The molecule has 0 aromatic carbocycles. The van der Waals surface area contributed by atoms with Gasteiger partial charge in [-0.1, -0.05) is 0 Å². The van der Waals surface area contributed by atoms with Crippen LogP contribution in [-0.2, 0) is 0 Å². The molecule has 86 valence electrons. The molecule has 0 bridgehead atoms. The quantitative estimate of drug-likeness (QED) is 0.648. The number of hydrogen-bond donors (Lipinski definition) is 2. The van der Waals surface area contributed by atoms with Crippen molar-refractivity contribution in [1.82, 2.24) is 20.4 Å². The van der Waals surface area contributed by atoms with Crippen LogP contribution in [0.15, 0.2) is 0 Å². The lowest BCUT2D eigenvalue weighted by Gasteiger charge is -2.27. The fourth-order valence-corrected chi connectivity index (χ4v) is 2.14. The van der Waals surface area contributed by atoms with Crippen molar-refractivity contribution in [2.75, 3.05) is 52.4 Å². The summed E-state index contributed by atoms with van der Waals surface area (Å²) >= 11 is 0. The Morgan fingerprint density at radius 3 is 2.53 bits per heavy atom. The lowest BCUT2D eigenvalue weighted by Crippen LogP contribution is -2.44. The summed E-state index contributed by atoms with van der Waals surface area (Å²) < 4.78 is 0. The maximum Gasteiger partial charge on any atom is 0.317 e. The normalized spacial score (nSPS) is 23.2. The number of hydrogen-bond acceptors (Lipinski definition) is 3. The molecule has 2 N–H and O–H groups in total. The van der Waals surface area contributed by atoms with E-state index in [0.29, 0.717) is 0 Å². The minimum Gasteiger partial charge on any atom is -0.336 e. The molecule has 0 atom stereocenters. The monoisotopic (exact) mass is 212 g/mol. The Labute approximate surface area is 90.8 Å². The van der Waals surface area contributed by atoms with Gasteiger partial charge in [-0.2, -0.15) is 0 Å². The predicted octanol–water partition coefficient (Wildman–Crippen LogP) is -0.693. The van der Waals surface area contributed by atoms with Crippen molar-refractivity contribution in [2.45, 2.75) is 6.42 Å². The van der Waals surface area contributed by atoms with Gasteiger partial charge in [-0.25, -0.2) is 4.79 Å². The molecule has 5 heteroatoms. The molecule has 0 spiro atoms. The molecule has 2 rings (SSSR count). The Balaban J connectivity index is 1.59. The van der Waals surface area contributed by atoms with Crippen molar-refractivity contribution >= 4 is 6.03 Å². The molecule has 2 aliphatic heterocycles. The minimum atomic E-state index is 0.107. The van der Waals surface area contributed by atoms with Crippen LogP contribution < -0.4 is 10.6 Å². The van der Waals surface area contributed by atoms with Gasteiger partial charge in [-0.05, 0) is 13.0 Å². The third-order valence-corrected chi connectivity index (χ3v) is 3.06. The first-order chi connectivity index (χ1) is 7.36. The molecule has 0 aliphatic carbocycles. The molecule has 2 aliphatic rings. The lowest BCUT2D eigenvalue weighted by atomic mass is 10.3. The Morgan fingerprint density at radius 1 is 1.07 bits per heavy atom. The van der Waals surface area contributed by atoms with Gasteiger partial charge >= 0.3 is 6.03 Å². The lowest BCUT2D eigenvalue weighted by molar-refractivity contribution is 0.205. The van der Waals surface area contributed by atoms with Gasteiger partial charge in [0.2, 0.25) is 0 Å². The van der Waals surface area contributed by atoms with Crippen LogP contribution in [-0.4, -0.2) is 68.2 Å². The van der Waals surface area contributed by atoms with E-state index in [1.165, 1.54) is 0 Å². The van der Waals surface area contributed by atoms with Gasteiger partial charge in [0.05, 0.1) is 0 Å². The Bertz CT molecular complexity index is 215. The van der Waals surface area contributed by atoms with E-state index < -0.39 is 0 Å². The minimum absolute atomic E-state index is 0.107. The van der Waals surface area contributed by atoms with E-state index in [9.17, 15) is 4.79 Å². The van der Waals surface area contributed by atoms with Crippen molar-refractivity contribution in [3.63, 3.8) is 0 Å². The molecule has 0 radical (unpaired) electrons. The smallest absolute Gasteiger partial charge is 0.317 e. The molecule has 2 heterocycles. The van der Waals surface area contributed by atoms with Crippen LogP contribution in [0.2, 0.25) is 0 Å². The molecule has 0 aromatic rings. The fraction of sp³-hybridized carbons (Fsp3) is 0.900. The first-order valence-corrected chi connectivity index (χ1v) is 5.82. The van der Waals surface area contributed by atoms with Crippen molar-refractivity contribution in [1.29, 1.82) is 0 Å². The second-order valence-corrected chi connectivity index (χ2v) is 4.16. The van der Waals surface area contributed by atoms with Gasteiger partial charge in [0, 0.05) is 45.8 Å². The molecule has 0 aromatic heterocycles. The zero-order valence-corrected chi connectivity index (χ0v) is 9.17. The highest BCUT2D eigenvalue weighted by molar-refractivity contribution is 5.76. The maximum atomic E-state index is 11.2. The fourth-order valence-electron chi connectivity index (χ4n) is 2.14. The summed E-state index contributed by atoms with van der Waals surface area (Å²) in [5.41, 5.74) is 0. The largest absolute Gasteiger partial charge is 0.336 e.